The van der Waals surface area contributed by atoms with E-state index in [1.165, 1.54) is 5.56 Å². The van der Waals surface area contributed by atoms with Gasteiger partial charge in [0, 0.05) is 24.3 Å². The molecule has 0 spiro atoms. The Hall–Kier alpha value is -1.35. The van der Waals surface area contributed by atoms with Crippen molar-refractivity contribution < 1.29 is 0 Å². The van der Waals surface area contributed by atoms with E-state index < -0.39 is 0 Å². The number of aryl methyl sites for hydroxylation is 1. The molecule has 1 rings (SSSR count). The number of pyridine rings is 1. The molecule has 3 nitrogen and oxygen atoms in total. The molecule has 0 aromatic carbocycles. The Labute approximate surface area is 124 Å². The van der Waals surface area contributed by atoms with Crippen molar-refractivity contribution in [2.75, 3.05) is 18.0 Å². The highest BCUT2D eigenvalue weighted by atomic mass is 15.2. The molecule has 0 saturated heterocycles. The quantitative estimate of drug-likeness (QED) is 0.608. The third-order valence-electron chi connectivity index (χ3n) is 3.15. The number of hydrogen-bond acceptors (Lipinski definition) is 3. The van der Waals surface area contributed by atoms with Crippen LogP contribution in [0.3, 0.4) is 0 Å². The van der Waals surface area contributed by atoms with Crippen LogP contribution in [0.2, 0.25) is 0 Å². The Morgan fingerprint density at radius 2 is 2.05 bits per heavy atom. The summed E-state index contributed by atoms with van der Waals surface area (Å²) in [7, 11) is 0. The molecule has 1 aromatic heterocycles. The molecule has 0 aliphatic heterocycles. The molecule has 0 bridgehead atoms. The van der Waals surface area contributed by atoms with Gasteiger partial charge < -0.3 is 10.2 Å². The van der Waals surface area contributed by atoms with Gasteiger partial charge >= 0.3 is 0 Å². The van der Waals surface area contributed by atoms with Gasteiger partial charge in [-0.25, -0.2) is 4.98 Å². The van der Waals surface area contributed by atoms with E-state index in [1.54, 1.807) is 0 Å². The van der Waals surface area contributed by atoms with Crippen LogP contribution >= 0.6 is 0 Å². The highest BCUT2D eigenvalue weighted by Crippen LogP contribution is 2.23. The van der Waals surface area contributed by atoms with Gasteiger partial charge in [-0.2, -0.15) is 0 Å². The van der Waals surface area contributed by atoms with Crippen LogP contribution in [0.15, 0.2) is 24.8 Å². The lowest BCUT2D eigenvalue weighted by atomic mass is 10.1. The molecule has 0 aliphatic carbocycles. The molecular formula is C17H29N3. The minimum absolute atomic E-state index is 0.0309. The maximum atomic E-state index is 4.70. The Kier molecular flexibility index (Phi) is 6.21. The molecule has 0 amide bonds. The molecule has 20 heavy (non-hydrogen) atoms. The molecule has 0 saturated carbocycles. The first-order valence-corrected chi connectivity index (χ1v) is 7.45. The van der Waals surface area contributed by atoms with E-state index in [2.05, 4.69) is 63.5 Å². The van der Waals surface area contributed by atoms with E-state index in [-0.39, 0.29) is 5.54 Å². The van der Waals surface area contributed by atoms with Gasteiger partial charge in [0.05, 0.1) is 0 Å². The average Bonchev–Trinajstić information content (AvgIpc) is 2.34. The van der Waals surface area contributed by atoms with Gasteiger partial charge in [-0.05, 0) is 58.4 Å². The van der Waals surface area contributed by atoms with Crippen molar-refractivity contribution in [1.82, 2.24) is 10.3 Å². The Bertz CT molecular complexity index is 432. The van der Waals surface area contributed by atoms with Crippen LogP contribution in [-0.2, 0) is 6.54 Å². The highest BCUT2D eigenvalue weighted by molar-refractivity contribution is 5.45. The summed E-state index contributed by atoms with van der Waals surface area (Å²) >= 11 is 0. The molecule has 0 fully saturated rings. The van der Waals surface area contributed by atoms with Crippen LogP contribution in [0.1, 0.15) is 45.4 Å². The molecule has 0 atom stereocenters. The molecule has 1 heterocycles. The monoisotopic (exact) mass is 275 g/mol. The lowest BCUT2D eigenvalue weighted by molar-refractivity contribution is 0.516. The first-order chi connectivity index (χ1) is 9.38. The predicted octanol–water partition coefficient (Wildman–Crippen LogP) is 3.68. The molecule has 0 unspecified atom stereocenters. The number of hydrogen-bond donors (Lipinski definition) is 1. The van der Waals surface area contributed by atoms with Crippen LogP contribution in [0.4, 0.5) is 5.82 Å². The van der Waals surface area contributed by atoms with Crippen LogP contribution in [-0.4, -0.2) is 23.6 Å². The molecule has 1 N–H and O–H groups in total. The first kappa shape index (κ1) is 16.7. The number of aromatic nitrogens is 1. The normalized spacial score (nSPS) is 11.4. The zero-order valence-corrected chi connectivity index (χ0v) is 13.7. The molecule has 3 heteroatoms. The van der Waals surface area contributed by atoms with Gasteiger partial charge in [-0.15, -0.1) is 6.58 Å². The average molecular weight is 275 g/mol. The summed E-state index contributed by atoms with van der Waals surface area (Å²) in [4.78, 5) is 6.99. The SMILES string of the molecule is C=CCN(c1cc(CNCCC)cc(C)n1)C(C)(C)C. The van der Waals surface area contributed by atoms with E-state index in [0.29, 0.717) is 0 Å². The van der Waals surface area contributed by atoms with Gasteiger partial charge in [-0.3, -0.25) is 0 Å². The maximum absolute atomic E-state index is 4.70. The summed E-state index contributed by atoms with van der Waals surface area (Å²) in [6.07, 6.45) is 3.09. The fraction of sp³-hybridized carbons (Fsp3) is 0.588. The third-order valence-corrected chi connectivity index (χ3v) is 3.15. The first-order valence-electron chi connectivity index (χ1n) is 7.45. The van der Waals surface area contributed by atoms with Gasteiger partial charge in [0.15, 0.2) is 0 Å². The lowest BCUT2D eigenvalue weighted by Crippen LogP contribution is -2.42. The van der Waals surface area contributed by atoms with Gasteiger partial charge in [0.25, 0.3) is 0 Å². The summed E-state index contributed by atoms with van der Waals surface area (Å²) in [6.45, 7) is 17.5. The van der Waals surface area contributed by atoms with E-state index in [4.69, 9.17) is 4.98 Å². The lowest BCUT2D eigenvalue weighted by Gasteiger charge is -2.36. The smallest absolute Gasteiger partial charge is 0.129 e. The molecule has 0 radical (unpaired) electrons. The zero-order valence-electron chi connectivity index (χ0n) is 13.7. The summed E-state index contributed by atoms with van der Waals surface area (Å²) < 4.78 is 0. The largest absolute Gasteiger partial charge is 0.348 e. The van der Waals surface area contributed by atoms with Crippen molar-refractivity contribution >= 4 is 5.82 Å². The molecule has 112 valence electrons. The molecule has 0 aliphatic rings. The van der Waals surface area contributed by atoms with Crippen LogP contribution < -0.4 is 10.2 Å². The van der Waals surface area contributed by atoms with Crippen molar-refractivity contribution in [3.63, 3.8) is 0 Å². The topological polar surface area (TPSA) is 28.2 Å². The van der Waals surface area contributed by atoms with E-state index in [9.17, 15) is 0 Å². The maximum Gasteiger partial charge on any atom is 0.129 e. The number of nitrogens with zero attached hydrogens (tertiary/aromatic N) is 2. The second-order valence-corrected chi connectivity index (χ2v) is 6.22. The van der Waals surface area contributed by atoms with Crippen molar-refractivity contribution in [3.8, 4) is 0 Å². The van der Waals surface area contributed by atoms with Crippen LogP contribution in [0.25, 0.3) is 0 Å². The molecule has 1 aromatic rings. The summed E-state index contributed by atoms with van der Waals surface area (Å²) in [6, 6.07) is 4.34. The predicted molar refractivity (Wildman–Crippen MR) is 88.3 cm³/mol. The summed E-state index contributed by atoms with van der Waals surface area (Å²) in [5.41, 5.74) is 2.39. The van der Waals surface area contributed by atoms with Gasteiger partial charge in [0.2, 0.25) is 0 Å². The zero-order chi connectivity index (χ0) is 15.2. The van der Waals surface area contributed by atoms with E-state index in [1.807, 2.05) is 6.08 Å². The van der Waals surface area contributed by atoms with Crippen molar-refractivity contribution in [1.29, 1.82) is 0 Å². The van der Waals surface area contributed by atoms with Crippen molar-refractivity contribution in [2.45, 2.75) is 53.1 Å². The Morgan fingerprint density at radius 3 is 2.60 bits per heavy atom. The number of nitrogens with one attached hydrogen (secondary N) is 1. The van der Waals surface area contributed by atoms with Crippen LogP contribution in [0.5, 0.6) is 0 Å². The minimum atomic E-state index is 0.0309. The second kappa shape index (κ2) is 7.44. The summed E-state index contributed by atoms with van der Waals surface area (Å²) in [5, 5.41) is 3.45. The number of rotatable bonds is 7. The Balaban J connectivity index is 3.00. The van der Waals surface area contributed by atoms with Crippen LogP contribution in [0, 0.1) is 6.92 Å². The standard InChI is InChI=1S/C17H29N3/c1-7-9-18-13-15-11-14(3)19-16(12-15)20(10-8-2)17(4,5)6/h8,11-12,18H,2,7,9-10,13H2,1,3-6H3. The number of anilines is 1. The van der Waals surface area contributed by atoms with Crippen molar-refractivity contribution in [3.05, 3.63) is 36.0 Å². The molecular weight excluding hydrogens is 246 g/mol. The second-order valence-electron chi connectivity index (χ2n) is 6.22. The Morgan fingerprint density at radius 1 is 1.35 bits per heavy atom. The van der Waals surface area contributed by atoms with Gasteiger partial charge in [0.1, 0.15) is 5.82 Å². The fourth-order valence-corrected chi connectivity index (χ4v) is 2.21. The van der Waals surface area contributed by atoms with Gasteiger partial charge in [-0.1, -0.05) is 13.0 Å². The fourth-order valence-electron chi connectivity index (χ4n) is 2.21. The van der Waals surface area contributed by atoms with E-state index in [0.717, 1.165) is 37.6 Å². The highest BCUT2D eigenvalue weighted by Gasteiger charge is 2.22. The van der Waals surface area contributed by atoms with Crippen molar-refractivity contribution in [2.24, 2.45) is 0 Å². The third kappa shape index (κ3) is 4.97. The summed E-state index contributed by atoms with van der Waals surface area (Å²) in [5.74, 6) is 1.03. The van der Waals surface area contributed by atoms with E-state index >= 15 is 0 Å². The minimum Gasteiger partial charge on any atom is -0.348 e.